The number of nitrogens with one attached hydrogen (secondary N) is 1. The van der Waals surface area contributed by atoms with Gasteiger partial charge < -0.3 is 14.6 Å². The van der Waals surface area contributed by atoms with E-state index < -0.39 is 12.1 Å². The average molecular weight is 348 g/mol. The van der Waals surface area contributed by atoms with E-state index in [1.807, 2.05) is 18.7 Å². The standard InChI is InChI=1S/C19H28N2O4/c1-10-8-7-9-11(2)21(10)18(23)15(6)25-19(24)17-12(3)16(14(5)22)13(4)20-17/h10-11,15,20H,7-9H2,1-6H3/t10-,11-,15-/m0/s1. The third-order valence-corrected chi connectivity index (χ3v) is 5.07. The zero-order valence-corrected chi connectivity index (χ0v) is 15.9. The molecular weight excluding hydrogens is 320 g/mol. The summed E-state index contributed by atoms with van der Waals surface area (Å²) in [6.45, 7) is 10.6. The third-order valence-electron chi connectivity index (χ3n) is 5.07. The average Bonchev–Trinajstić information content (AvgIpc) is 2.81. The molecule has 6 heteroatoms. The van der Waals surface area contributed by atoms with E-state index in [-0.39, 0.29) is 29.5 Å². The van der Waals surface area contributed by atoms with Crippen LogP contribution in [0.5, 0.6) is 0 Å². The Morgan fingerprint density at radius 2 is 1.72 bits per heavy atom. The first-order valence-electron chi connectivity index (χ1n) is 8.88. The van der Waals surface area contributed by atoms with Crippen molar-refractivity contribution in [1.29, 1.82) is 0 Å². The molecule has 2 heterocycles. The second-order valence-electron chi connectivity index (χ2n) is 7.10. The molecule has 3 atom stereocenters. The number of carbonyl (C=O) groups excluding carboxylic acids is 3. The van der Waals surface area contributed by atoms with Crippen LogP contribution in [-0.4, -0.2) is 45.7 Å². The van der Waals surface area contributed by atoms with Gasteiger partial charge in [0.15, 0.2) is 11.9 Å². The van der Waals surface area contributed by atoms with Crippen LogP contribution in [0, 0.1) is 13.8 Å². The van der Waals surface area contributed by atoms with Crippen LogP contribution in [-0.2, 0) is 9.53 Å². The Morgan fingerprint density at radius 1 is 1.16 bits per heavy atom. The molecule has 1 amide bonds. The highest BCUT2D eigenvalue weighted by Crippen LogP contribution is 2.24. The lowest BCUT2D eigenvalue weighted by Crippen LogP contribution is -2.51. The van der Waals surface area contributed by atoms with Crippen LogP contribution < -0.4 is 0 Å². The van der Waals surface area contributed by atoms with E-state index in [0.29, 0.717) is 16.8 Å². The fourth-order valence-corrected chi connectivity index (χ4v) is 3.82. The molecule has 0 aromatic carbocycles. The van der Waals surface area contributed by atoms with Gasteiger partial charge in [0.05, 0.1) is 0 Å². The summed E-state index contributed by atoms with van der Waals surface area (Å²) in [6.07, 6.45) is 2.18. The lowest BCUT2D eigenvalue weighted by Gasteiger charge is -2.40. The molecule has 2 rings (SSSR count). The fourth-order valence-electron chi connectivity index (χ4n) is 3.82. The monoisotopic (exact) mass is 348 g/mol. The van der Waals surface area contributed by atoms with Gasteiger partial charge in [-0.05, 0) is 66.4 Å². The first-order chi connectivity index (χ1) is 11.6. The van der Waals surface area contributed by atoms with Crippen molar-refractivity contribution in [2.75, 3.05) is 0 Å². The highest BCUT2D eigenvalue weighted by molar-refractivity contribution is 6.01. The largest absolute Gasteiger partial charge is 0.448 e. The Bertz CT molecular complexity index is 682. The summed E-state index contributed by atoms with van der Waals surface area (Å²) in [6, 6.07) is 0.298. The van der Waals surface area contributed by atoms with Gasteiger partial charge in [-0.3, -0.25) is 9.59 Å². The number of ketones is 1. The van der Waals surface area contributed by atoms with Crippen LogP contribution in [0.1, 0.15) is 79.1 Å². The predicted octanol–water partition coefficient (Wildman–Crippen LogP) is 3.17. The molecule has 1 aliphatic heterocycles. The smallest absolute Gasteiger partial charge is 0.355 e. The molecule has 0 bridgehead atoms. The third kappa shape index (κ3) is 3.78. The number of ether oxygens (including phenoxy) is 1. The molecule has 1 fully saturated rings. The number of piperidine rings is 1. The number of hydrogen-bond donors (Lipinski definition) is 1. The Labute approximate surface area is 148 Å². The molecule has 1 aromatic rings. The highest BCUT2D eigenvalue weighted by Gasteiger charge is 2.34. The van der Waals surface area contributed by atoms with Crippen LogP contribution in [0.25, 0.3) is 0 Å². The normalized spacial score (nSPS) is 21.8. The van der Waals surface area contributed by atoms with Crippen LogP contribution in [0.3, 0.4) is 0 Å². The van der Waals surface area contributed by atoms with Gasteiger partial charge in [-0.25, -0.2) is 4.79 Å². The number of amides is 1. The molecule has 0 aliphatic carbocycles. The van der Waals surface area contributed by atoms with Crippen molar-refractivity contribution in [3.63, 3.8) is 0 Å². The van der Waals surface area contributed by atoms with Gasteiger partial charge in [-0.1, -0.05) is 0 Å². The number of carbonyl (C=O) groups is 3. The maximum Gasteiger partial charge on any atom is 0.355 e. The number of aromatic amines is 1. The van der Waals surface area contributed by atoms with Gasteiger partial charge in [0.1, 0.15) is 5.69 Å². The zero-order valence-electron chi connectivity index (χ0n) is 15.9. The van der Waals surface area contributed by atoms with Crippen molar-refractivity contribution in [1.82, 2.24) is 9.88 Å². The first kappa shape index (κ1) is 19.2. The number of H-pyrrole nitrogens is 1. The van der Waals surface area contributed by atoms with E-state index in [1.165, 1.54) is 6.92 Å². The van der Waals surface area contributed by atoms with Gasteiger partial charge in [-0.15, -0.1) is 0 Å². The van der Waals surface area contributed by atoms with Crippen LogP contribution in [0.15, 0.2) is 0 Å². The molecule has 0 unspecified atom stereocenters. The molecule has 6 nitrogen and oxygen atoms in total. The van der Waals surface area contributed by atoms with E-state index in [2.05, 4.69) is 4.98 Å². The topological polar surface area (TPSA) is 79.5 Å². The van der Waals surface area contributed by atoms with E-state index in [9.17, 15) is 14.4 Å². The van der Waals surface area contributed by atoms with E-state index in [1.54, 1.807) is 20.8 Å². The number of Topliss-reactive ketones (excluding diaryl/α,β-unsaturated/α-hetero) is 1. The van der Waals surface area contributed by atoms with Crippen molar-refractivity contribution in [2.24, 2.45) is 0 Å². The molecule has 0 spiro atoms. The molecule has 0 radical (unpaired) electrons. The Balaban J connectivity index is 2.13. The Hall–Kier alpha value is -2.11. The summed E-state index contributed by atoms with van der Waals surface area (Å²) in [5, 5.41) is 0. The predicted molar refractivity (Wildman–Crippen MR) is 94.8 cm³/mol. The van der Waals surface area contributed by atoms with Crippen LogP contribution >= 0.6 is 0 Å². The van der Waals surface area contributed by atoms with E-state index in [0.717, 1.165) is 19.3 Å². The molecule has 1 aromatic heterocycles. The molecule has 0 saturated carbocycles. The summed E-state index contributed by atoms with van der Waals surface area (Å²) >= 11 is 0. The van der Waals surface area contributed by atoms with Crippen molar-refractivity contribution in [2.45, 2.75) is 79.0 Å². The highest BCUT2D eigenvalue weighted by atomic mass is 16.5. The van der Waals surface area contributed by atoms with Gasteiger partial charge in [0, 0.05) is 23.3 Å². The number of aromatic nitrogens is 1. The summed E-state index contributed by atoms with van der Waals surface area (Å²) in [5.74, 6) is -0.877. The number of aryl methyl sites for hydroxylation is 1. The number of likely N-dealkylation sites (tertiary alicyclic amines) is 1. The van der Waals surface area contributed by atoms with Crippen molar-refractivity contribution in [3.8, 4) is 0 Å². The Kier molecular flexibility index (Phi) is 5.70. The number of rotatable bonds is 4. The van der Waals surface area contributed by atoms with Crippen molar-refractivity contribution >= 4 is 17.7 Å². The fraction of sp³-hybridized carbons (Fsp3) is 0.632. The number of hydrogen-bond acceptors (Lipinski definition) is 4. The second kappa shape index (κ2) is 7.42. The van der Waals surface area contributed by atoms with Crippen molar-refractivity contribution in [3.05, 3.63) is 22.5 Å². The molecule has 1 N–H and O–H groups in total. The minimum Gasteiger partial charge on any atom is -0.448 e. The second-order valence-corrected chi connectivity index (χ2v) is 7.10. The minimum absolute atomic E-state index is 0.106. The minimum atomic E-state index is -0.862. The molecule has 1 aliphatic rings. The SMILES string of the molecule is CC(=O)c1c(C)[nH]c(C(=O)O[C@@H](C)C(=O)N2[C@@H](C)CCC[C@@H]2C)c1C. The Morgan fingerprint density at radius 3 is 2.20 bits per heavy atom. The van der Waals surface area contributed by atoms with Gasteiger partial charge in [0.25, 0.3) is 5.91 Å². The maximum atomic E-state index is 12.7. The number of esters is 1. The zero-order chi connectivity index (χ0) is 18.9. The quantitative estimate of drug-likeness (QED) is 0.669. The van der Waals surface area contributed by atoms with E-state index in [4.69, 9.17) is 4.74 Å². The lowest BCUT2D eigenvalue weighted by molar-refractivity contribution is -0.146. The van der Waals surface area contributed by atoms with Gasteiger partial charge in [-0.2, -0.15) is 0 Å². The molecule has 138 valence electrons. The van der Waals surface area contributed by atoms with Crippen molar-refractivity contribution < 1.29 is 19.1 Å². The van der Waals surface area contributed by atoms with E-state index >= 15 is 0 Å². The first-order valence-corrected chi connectivity index (χ1v) is 8.88. The summed E-state index contributed by atoms with van der Waals surface area (Å²) in [5.41, 5.74) is 1.94. The van der Waals surface area contributed by atoms with Crippen LogP contribution in [0.2, 0.25) is 0 Å². The molecular formula is C19H28N2O4. The lowest BCUT2D eigenvalue weighted by atomic mass is 9.97. The molecule has 25 heavy (non-hydrogen) atoms. The molecule has 1 saturated heterocycles. The maximum absolute atomic E-state index is 12.7. The summed E-state index contributed by atoms with van der Waals surface area (Å²) in [4.78, 5) is 41.7. The van der Waals surface area contributed by atoms with Crippen LogP contribution in [0.4, 0.5) is 0 Å². The summed E-state index contributed by atoms with van der Waals surface area (Å²) in [7, 11) is 0. The van der Waals surface area contributed by atoms with Gasteiger partial charge >= 0.3 is 5.97 Å². The van der Waals surface area contributed by atoms with Gasteiger partial charge in [0.2, 0.25) is 0 Å². The number of nitrogens with zero attached hydrogens (tertiary/aromatic N) is 1. The summed E-state index contributed by atoms with van der Waals surface area (Å²) < 4.78 is 5.40.